The summed E-state index contributed by atoms with van der Waals surface area (Å²) in [5.74, 6) is 0.881. The number of rotatable bonds is 2. The molecule has 4 heterocycles. The van der Waals surface area contributed by atoms with Gasteiger partial charge in [0.05, 0.1) is 23.5 Å². The van der Waals surface area contributed by atoms with Crippen molar-refractivity contribution in [1.82, 2.24) is 29.5 Å². The van der Waals surface area contributed by atoms with Crippen LogP contribution in [0.1, 0.15) is 0 Å². The number of anilines is 2. The zero-order chi connectivity index (χ0) is 17.6. The lowest BCUT2D eigenvalue weighted by atomic mass is 10.2. The number of fused-ring (bicyclic) bond motifs is 1. The average Bonchev–Trinajstić information content (AvgIpc) is 3.02. The smallest absolute Gasteiger partial charge is 0.287 e. The average molecular weight is 361 g/mol. The standard InChI is InChI=1S/C15H17ClN8O/c1-21-13-10(7-19-21)14(18-9-17-13)24-5-3-23(4-6-24)11-8-20-22(2)15(25)12(11)16/h7-9H,3-6H2,1-2H3. The highest BCUT2D eigenvalue weighted by Crippen LogP contribution is 2.26. The maximum Gasteiger partial charge on any atom is 0.287 e. The van der Waals surface area contributed by atoms with Crippen LogP contribution in [-0.4, -0.2) is 55.7 Å². The third-order valence-corrected chi connectivity index (χ3v) is 4.84. The largest absolute Gasteiger partial charge is 0.365 e. The van der Waals surface area contributed by atoms with E-state index in [9.17, 15) is 4.79 Å². The molecular weight excluding hydrogens is 344 g/mol. The summed E-state index contributed by atoms with van der Waals surface area (Å²) in [4.78, 5) is 25.0. The third-order valence-electron chi connectivity index (χ3n) is 4.49. The SMILES string of the molecule is Cn1ncc(N2CCN(c3ncnc4c3cnn4C)CC2)c(Cl)c1=O. The van der Waals surface area contributed by atoms with Gasteiger partial charge in [-0.3, -0.25) is 9.48 Å². The zero-order valence-electron chi connectivity index (χ0n) is 13.9. The van der Waals surface area contributed by atoms with Gasteiger partial charge in [0.1, 0.15) is 17.2 Å². The Kier molecular flexibility index (Phi) is 3.79. The summed E-state index contributed by atoms with van der Waals surface area (Å²) >= 11 is 6.21. The van der Waals surface area contributed by atoms with Crippen molar-refractivity contribution in [2.24, 2.45) is 14.1 Å². The molecule has 0 saturated carbocycles. The first-order valence-corrected chi connectivity index (χ1v) is 8.28. The van der Waals surface area contributed by atoms with Crippen LogP contribution in [0.4, 0.5) is 11.5 Å². The summed E-state index contributed by atoms with van der Waals surface area (Å²) in [6.45, 7) is 2.96. The molecule has 25 heavy (non-hydrogen) atoms. The number of aryl methyl sites for hydroxylation is 2. The highest BCUT2D eigenvalue weighted by Gasteiger charge is 2.23. The Labute approximate surface area is 148 Å². The lowest BCUT2D eigenvalue weighted by Crippen LogP contribution is -2.47. The molecule has 130 valence electrons. The summed E-state index contributed by atoms with van der Waals surface area (Å²) in [5.41, 5.74) is 1.21. The van der Waals surface area contributed by atoms with E-state index in [-0.39, 0.29) is 10.6 Å². The van der Waals surface area contributed by atoms with Crippen molar-refractivity contribution in [3.8, 4) is 0 Å². The predicted octanol–water partition coefficient (Wildman–Crippen LogP) is 0.437. The molecular formula is C15H17ClN8O. The number of aromatic nitrogens is 6. The van der Waals surface area contributed by atoms with Crippen LogP contribution in [0.25, 0.3) is 11.0 Å². The first kappa shape index (κ1) is 15.8. The Morgan fingerprint density at radius 3 is 2.40 bits per heavy atom. The minimum absolute atomic E-state index is 0.211. The highest BCUT2D eigenvalue weighted by atomic mass is 35.5. The summed E-state index contributed by atoms with van der Waals surface area (Å²) < 4.78 is 2.98. The van der Waals surface area contributed by atoms with Gasteiger partial charge in [0.2, 0.25) is 0 Å². The normalized spacial score (nSPS) is 15.2. The second-order valence-electron chi connectivity index (χ2n) is 5.95. The molecule has 10 heteroatoms. The second-order valence-corrected chi connectivity index (χ2v) is 6.33. The Bertz CT molecular complexity index is 989. The molecule has 9 nitrogen and oxygen atoms in total. The van der Waals surface area contributed by atoms with Gasteiger partial charge in [0.15, 0.2) is 5.65 Å². The van der Waals surface area contributed by atoms with E-state index in [1.165, 1.54) is 4.68 Å². The number of nitrogens with zero attached hydrogens (tertiary/aromatic N) is 8. The number of halogens is 1. The molecule has 0 aliphatic carbocycles. The van der Waals surface area contributed by atoms with Crippen molar-refractivity contribution in [1.29, 1.82) is 0 Å². The van der Waals surface area contributed by atoms with E-state index in [1.54, 1.807) is 30.5 Å². The molecule has 0 amide bonds. The van der Waals surface area contributed by atoms with Gasteiger partial charge >= 0.3 is 0 Å². The molecule has 1 saturated heterocycles. The van der Waals surface area contributed by atoms with Crippen molar-refractivity contribution in [3.05, 3.63) is 34.1 Å². The topological polar surface area (TPSA) is 85.0 Å². The van der Waals surface area contributed by atoms with Crippen LogP contribution in [0.2, 0.25) is 5.02 Å². The molecule has 0 spiro atoms. The predicted molar refractivity (Wildman–Crippen MR) is 95.2 cm³/mol. The maximum absolute atomic E-state index is 12.0. The summed E-state index contributed by atoms with van der Waals surface area (Å²) in [6, 6.07) is 0. The van der Waals surface area contributed by atoms with Crippen LogP contribution in [0, 0.1) is 0 Å². The van der Waals surface area contributed by atoms with Gasteiger partial charge in [-0.05, 0) is 0 Å². The molecule has 0 N–H and O–H groups in total. The lowest BCUT2D eigenvalue weighted by Gasteiger charge is -2.36. The highest BCUT2D eigenvalue weighted by molar-refractivity contribution is 6.33. The van der Waals surface area contributed by atoms with E-state index in [0.717, 1.165) is 43.0 Å². The van der Waals surface area contributed by atoms with Gasteiger partial charge in [-0.1, -0.05) is 11.6 Å². The number of piperazine rings is 1. The minimum Gasteiger partial charge on any atom is -0.365 e. The molecule has 1 aliphatic rings. The molecule has 1 fully saturated rings. The molecule has 1 aliphatic heterocycles. The lowest BCUT2D eigenvalue weighted by molar-refractivity contribution is 0.639. The number of hydrogen-bond acceptors (Lipinski definition) is 7. The van der Waals surface area contributed by atoms with Gasteiger partial charge in [-0.2, -0.15) is 10.2 Å². The fourth-order valence-corrected chi connectivity index (χ4v) is 3.37. The van der Waals surface area contributed by atoms with Crippen molar-refractivity contribution in [2.45, 2.75) is 0 Å². The van der Waals surface area contributed by atoms with Crippen molar-refractivity contribution < 1.29 is 0 Å². The second kappa shape index (κ2) is 5.99. The maximum atomic E-state index is 12.0. The Morgan fingerprint density at radius 2 is 1.64 bits per heavy atom. The molecule has 0 atom stereocenters. The van der Waals surface area contributed by atoms with Gasteiger partial charge in [0.25, 0.3) is 5.56 Å². The Morgan fingerprint density at radius 1 is 0.960 bits per heavy atom. The van der Waals surface area contributed by atoms with Crippen LogP contribution in [-0.2, 0) is 14.1 Å². The molecule has 0 radical (unpaired) electrons. The quantitative estimate of drug-likeness (QED) is 0.655. The van der Waals surface area contributed by atoms with Crippen LogP contribution in [0.5, 0.6) is 0 Å². The van der Waals surface area contributed by atoms with Crippen LogP contribution in [0.3, 0.4) is 0 Å². The zero-order valence-corrected chi connectivity index (χ0v) is 14.7. The van der Waals surface area contributed by atoms with Crippen molar-refractivity contribution in [3.63, 3.8) is 0 Å². The van der Waals surface area contributed by atoms with E-state index in [2.05, 4.69) is 30.0 Å². The van der Waals surface area contributed by atoms with Crippen molar-refractivity contribution in [2.75, 3.05) is 36.0 Å². The summed E-state index contributed by atoms with van der Waals surface area (Å²) in [6.07, 6.45) is 5.00. The Balaban J connectivity index is 1.57. The fraction of sp³-hybridized carbons (Fsp3) is 0.400. The Hall–Kier alpha value is -2.68. The molecule has 3 aromatic heterocycles. The van der Waals surface area contributed by atoms with E-state index in [1.807, 2.05) is 7.05 Å². The number of hydrogen-bond donors (Lipinski definition) is 0. The van der Waals surface area contributed by atoms with Crippen molar-refractivity contribution >= 4 is 34.1 Å². The van der Waals surface area contributed by atoms with Gasteiger partial charge in [-0.25, -0.2) is 14.6 Å². The first-order chi connectivity index (χ1) is 12.1. The monoisotopic (exact) mass is 360 g/mol. The van der Waals surface area contributed by atoms with E-state index in [4.69, 9.17) is 11.6 Å². The van der Waals surface area contributed by atoms with Gasteiger partial charge in [-0.15, -0.1) is 0 Å². The minimum atomic E-state index is -0.283. The van der Waals surface area contributed by atoms with Crippen LogP contribution in [0.15, 0.2) is 23.5 Å². The molecule has 0 aromatic carbocycles. The molecule has 3 aromatic rings. The fourth-order valence-electron chi connectivity index (χ4n) is 3.08. The van der Waals surface area contributed by atoms with E-state index < -0.39 is 0 Å². The van der Waals surface area contributed by atoms with Gasteiger partial charge < -0.3 is 9.80 Å². The van der Waals surface area contributed by atoms with Crippen LogP contribution < -0.4 is 15.4 Å². The van der Waals surface area contributed by atoms with Gasteiger partial charge in [0, 0.05) is 40.3 Å². The summed E-state index contributed by atoms with van der Waals surface area (Å²) in [7, 11) is 3.45. The molecule has 4 rings (SSSR count). The van der Waals surface area contributed by atoms with E-state index in [0.29, 0.717) is 5.69 Å². The van der Waals surface area contributed by atoms with E-state index >= 15 is 0 Å². The first-order valence-electron chi connectivity index (χ1n) is 7.90. The van der Waals surface area contributed by atoms with Crippen LogP contribution >= 0.6 is 11.6 Å². The molecule has 0 unspecified atom stereocenters. The summed E-state index contributed by atoms with van der Waals surface area (Å²) in [5, 5.41) is 9.47. The third kappa shape index (κ3) is 2.60. The molecule has 0 bridgehead atoms.